The summed E-state index contributed by atoms with van der Waals surface area (Å²) >= 11 is 3.81. The van der Waals surface area contributed by atoms with E-state index in [1.54, 1.807) is 0 Å². The van der Waals surface area contributed by atoms with Gasteiger partial charge in [0.15, 0.2) is 5.12 Å². The molecule has 0 amide bonds. The summed E-state index contributed by atoms with van der Waals surface area (Å²) in [6.45, 7) is 6.29. The quantitative estimate of drug-likeness (QED) is 0.521. The zero-order chi connectivity index (χ0) is 11.9. The normalized spacial score (nSPS) is 14.5. The van der Waals surface area contributed by atoms with Crippen LogP contribution in [0.15, 0.2) is 11.6 Å². The summed E-state index contributed by atoms with van der Waals surface area (Å²) in [6, 6.07) is 0. The molecule has 0 fully saturated rings. The molecule has 88 valence electrons. The fourth-order valence-corrected chi connectivity index (χ4v) is 2.03. The molecule has 3 heteroatoms. The van der Waals surface area contributed by atoms with Crippen molar-refractivity contribution in [1.29, 1.82) is 0 Å². The van der Waals surface area contributed by atoms with Crippen LogP contribution in [0.1, 0.15) is 46.5 Å². The molecule has 0 saturated carbocycles. The molecule has 0 rings (SSSR count). The lowest BCUT2D eigenvalue weighted by Crippen LogP contribution is -2.20. The largest absolute Gasteiger partial charge is 0.396 e. The highest BCUT2D eigenvalue weighted by atomic mass is 32.1. The monoisotopic (exact) mass is 230 g/mol. The fourth-order valence-electron chi connectivity index (χ4n) is 1.65. The molecule has 1 N–H and O–H groups in total. The molecule has 2 nitrogen and oxygen atoms in total. The maximum absolute atomic E-state index is 11.0. The first kappa shape index (κ1) is 14.7. The molecule has 0 heterocycles. The Labute approximate surface area is 98.2 Å². The van der Waals surface area contributed by atoms with E-state index in [1.165, 1.54) is 5.57 Å². The van der Waals surface area contributed by atoms with E-state index in [2.05, 4.69) is 32.6 Å². The van der Waals surface area contributed by atoms with Crippen LogP contribution >= 0.6 is 12.6 Å². The lowest BCUT2D eigenvalue weighted by Gasteiger charge is -2.27. The van der Waals surface area contributed by atoms with Gasteiger partial charge >= 0.3 is 0 Å². The summed E-state index contributed by atoms with van der Waals surface area (Å²) in [6.07, 6.45) is 5.15. The molecule has 1 atom stereocenters. The van der Waals surface area contributed by atoms with Crippen LogP contribution in [-0.4, -0.2) is 16.8 Å². The molecule has 0 bridgehead atoms. The second-order valence-corrected chi connectivity index (χ2v) is 5.17. The van der Waals surface area contributed by atoms with Crippen molar-refractivity contribution in [3.05, 3.63) is 11.6 Å². The van der Waals surface area contributed by atoms with Gasteiger partial charge in [-0.05, 0) is 38.5 Å². The Balaban J connectivity index is 4.24. The first-order valence-corrected chi connectivity index (χ1v) is 5.80. The van der Waals surface area contributed by atoms with Gasteiger partial charge in [0.2, 0.25) is 0 Å². The van der Waals surface area contributed by atoms with Gasteiger partial charge in [-0.3, -0.25) is 4.79 Å². The second kappa shape index (κ2) is 7.07. The lowest BCUT2D eigenvalue weighted by molar-refractivity contribution is -0.113. The van der Waals surface area contributed by atoms with Gasteiger partial charge < -0.3 is 5.11 Å². The Morgan fingerprint density at radius 3 is 2.40 bits per heavy atom. The summed E-state index contributed by atoms with van der Waals surface area (Å²) in [7, 11) is 0. The highest BCUT2D eigenvalue weighted by Gasteiger charge is 2.24. The number of carbonyl (C=O) groups is 1. The van der Waals surface area contributed by atoms with Crippen LogP contribution in [0.4, 0.5) is 0 Å². The first-order valence-electron chi connectivity index (χ1n) is 5.36. The number of aliphatic hydroxyl groups is 1. The topological polar surface area (TPSA) is 37.3 Å². The zero-order valence-electron chi connectivity index (χ0n) is 9.92. The van der Waals surface area contributed by atoms with E-state index in [-0.39, 0.29) is 17.1 Å². The van der Waals surface area contributed by atoms with E-state index < -0.39 is 0 Å². The standard InChI is InChI=1S/C12H22O2S/c1-10(2)5-4-6-12(3,7-8-13)9-11(14)15/h5,13H,4,6-9H2,1-3H3,(H,14,15)/t12-/m0/s1. The summed E-state index contributed by atoms with van der Waals surface area (Å²) in [4.78, 5) is 11.0. The summed E-state index contributed by atoms with van der Waals surface area (Å²) in [5.74, 6) is 0. The summed E-state index contributed by atoms with van der Waals surface area (Å²) < 4.78 is 0. The Bertz CT molecular complexity index is 232. The molecule has 0 aromatic rings. The van der Waals surface area contributed by atoms with Gasteiger partial charge in [0.1, 0.15) is 0 Å². The molecule has 0 unspecified atom stereocenters. The van der Waals surface area contributed by atoms with Crippen LogP contribution in [0, 0.1) is 5.41 Å². The van der Waals surface area contributed by atoms with Gasteiger partial charge in [-0.15, -0.1) is 12.6 Å². The second-order valence-electron chi connectivity index (χ2n) is 4.67. The van der Waals surface area contributed by atoms with Crippen molar-refractivity contribution in [2.45, 2.75) is 46.5 Å². The highest BCUT2D eigenvalue weighted by molar-refractivity contribution is 7.96. The van der Waals surface area contributed by atoms with Crippen LogP contribution in [-0.2, 0) is 4.79 Å². The first-order chi connectivity index (χ1) is 6.89. The highest BCUT2D eigenvalue weighted by Crippen LogP contribution is 2.32. The van der Waals surface area contributed by atoms with Crippen molar-refractivity contribution >= 4 is 17.7 Å². The maximum Gasteiger partial charge on any atom is 0.186 e. The molecule has 0 spiro atoms. The molecular formula is C12H22O2S. The number of thiol groups is 1. The zero-order valence-corrected chi connectivity index (χ0v) is 10.8. The summed E-state index contributed by atoms with van der Waals surface area (Å²) in [5.41, 5.74) is 1.18. The van der Waals surface area contributed by atoms with Crippen molar-refractivity contribution in [3.63, 3.8) is 0 Å². The lowest BCUT2D eigenvalue weighted by atomic mass is 9.79. The molecule has 0 aliphatic rings. The van der Waals surface area contributed by atoms with Crippen molar-refractivity contribution in [1.82, 2.24) is 0 Å². The predicted molar refractivity (Wildman–Crippen MR) is 67.1 cm³/mol. The number of hydrogen-bond donors (Lipinski definition) is 2. The Morgan fingerprint density at radius 2 is 2.00 bits per heavy atom. The van der Waals surface area contributed by atoms with Gasteiger partial charge in [0.25, 0.3) is 0 Å². The van der Waals surface area contributed by atoms with Crippen molar-refractivity contribution in [2.24, 2.45) is 5.41 Å². The number of carbonyl (C=O) groups excluding carboxylic acids is 1. The van der Waals surface area contributed by atoms with Crippen LogP contribution in [0.25, 0.3) is 0 Å². The average molecular weight is 230 g/mol. The number of hydrogen-bond acceptors (Lipinski definition) is 2. The number of rotatable bonds is 7. The third-order valence-corrected chi connectivity index (χ3v) is 2.75. The third-order valence-electron chi connectivity index (χ3n) is 2.59. The smallest absolute Gasteiger partial charge is 0.186 e. The summed E-state index contributed by atoms with van der Waals surface area (Å²) in [5, 5.41) is 8.88. The van der Waals surface area contributed by atoms with Gasteiger partial charge in [-0.2, -0.15) is 0 Å². The van der Waals surface area contributed by atoms with Crippen molar-refractivity contribution in [3.8, 4) is 0 Å². The van der Waals surface area contributed by atoms with Gasteiger partial charge in [0, 0.05) is 13.0 Å². The molecule has 0 aromatic heterocycles. The minimum atomic E-state index is -0.112. The average Bonchev–Trinajstić information content (AvgIpc) is 2.01. The molecule has 15 heavy (non-hydrogen) atoms. The van der Waals surface area contributed by atoms with Crippen LogP contribution in [0.2, 0.25) is 0 Å². The number of allylic oxidation sites excluding steroid dienone is 2. The van der Waals surface area contributed by atoms with E-state index in [4.69, 9.17) is 5.11 Å². The molecule has 0 aromatic carbocycles. The van der Waals surface area contributed by atoms with Crippen LogP contribution < -0.4 is 0 Å². The fraction of sp³-hybridized carbons (Fsp3) is 0.750. The molecule has 0 radical (unpaired) electrons. The van der Waals surface area contributed by atoms with Gasteiger partial charge in [-0.1, -0.05) is 18.6 Å². The molecular weight excluding hydrogens is 208 g/mol. The van der Waals surface area contributed by atoms with E-state index in [9.17, 15) is 4.79 Å². The van der Waals surface area contributed by atoms with E-state index in [1.807, 2.05) is 6.92 Å². The van der Waals surface area contributed by atoms with E-state index in [0.29, 0.717) is 12.8 Å². The minimum Gasteiger partial charge on any atom is -0.396 e. The Hall–Kier alpha value is -0.280. The maximum atomic E-state index is 11.0. The van der Waals surface area contributed by atoms with E-state index >= 15 is 0 Å². The van der Waals surface area contributed by atoms with Crippen molar-refractivity contribution < 1.29 is 9.90 Å². The number of aliphatic hydroxyl groups excluding tert-OH is 1. The minimum absolute atomic E-state index is 0.0943. The molecule has 0 aliphatic heterocycles. The molecule has 0 aliphatic carbocycles. The predicted octanol–water partition coefficient (Wildman–Crippen LogP) is 2.97. The van der Waals surface area contributed by atoms with E-state index in [0.717, 1.165) is 12.8 Å². The Morgan fingerprint density at radius 1 is 1.40 bits per heavy atom. The Kier molecular flexibility index (Phi) is 6.94. The van der Waals surface area contributed by atoms with Gasteiger partial charge in [0.05, 0.1) is 0 Å². The van der Waals surface area contributed by atoms with Crippen LogP contribution in [0.5, 0.6) is 0 Å². The SMILES string of the molecule is CC(C)=CCC[C@@](C)(CCO)CC(=O)S. The van der Waals surface area contributed by atoms with Gasteiger partial charge in [-0.25, -0.2) is 0 Å². The third kappa shape index (κ3) is 7.63. The molecule has 0 saturated heterocycles. The van der Waals surface area contributed by atoms with Crippen molar-refractivity contribution in [2.75, 3.05) is 6.61 Å². The van der Waals surface area contributed by atoms with Crippen LogP contribution in [0.3, 0.4) is 0 Å².